The number of rotatable bonds is 5. The summed E-state index contributed by atoms with van der Waals surface area (Å²) in [6.45, 7) is 12.7. The molecule has 31 heavy (non-hydrogen) atoms. The van der Waals surface area contributed by atoms with Gasteiger partial charge in [0, 0.05) is 14.2 Å². The predicted octanol–water partition coefficient (Wildman–Crippen LogP) is 7.73. The second kappa shape index (κ2) is 10.5. The van der Waals surface area contributed by atoms with Gasteiger partial charge in [-0.15, -0.1) is 0 Å². The van der Waals surface area contributed by atoms with E-state index in [1.54, 1.807) is 14.2 Å². The van der Waals surface area contributed by atoms with Crippen LogP contribution >= 0.6 is 0 Å². The molecule has 0 aliphatic heterocycles. The van der Waals surface area contributed by atoms with Crippen molar-refractivity contribution in [1.29, 1.82) is 0 Å². The van der Waals surface area contributed by atoms with E-state index in [2.05, 4.69) is 39.4 Å². The number of hydrogen-bond acceptors (Lipinski definition) is 2. The highest BCUT2D eigenvalue weighted by molar-refractivity contribution is 5.09. The molecule has 9 atom stereocenters. The molecule has 0 aromatic heterocycles. The van der Waals surface area contributed by atoms with Gasteiger partial charge in [0.05, 0.1) is 6.10 Å². The Balaban J connectivity index is 0.000000858. The molecule has 0 aromatic rings. The van der Waals surface area contributed by atoms with E-state index in [0.717, 1.165) is 54.3 Å². The summed E-state index contributed by atoms with van der Waals surface area (Å²) >= 11 is 0. The van der Waals surface area contributed by atoms with Gasteiger partial charge < -0.3 is 9.84 Å². The summed E-state index contributed by atoms with van der Waals surface area (Å²) in [6.07, 6.45) is 16.6. The van der Waals surface area contributed by atoms with Gasteiger partial charge in [0.2, 0.25) is 0 Å². The number of ether oxygens (including phenoxy) is 1. The van der Waals surface area contributed by atoms with Gasteiger partial charge in [0.25, 0.3) is 0 Å². The Kier molecular flexibility index (Phi) is 8.62. The van der Waals surface area contributed by atoms with Gasteiger partial charge in [-0.2, -0.15) is 0 Å². The fraction of sp³-hybridized carbons (Fsp3) is 1.00. The van der Waals surface area contributed by atoms with Crippen molar-refractivity contribution in [2.45, 2.75) is 118 Å². The molecule has 0 radical (unpaired) electrons. The number of aliphatic hydroxyl groups is 1. The summed E-state index contributed by atoms with van der Waals surface area (Å²) < 4.78 is 4.25. The van der Waals surface area contributed by atoms with Gasteiger partial charge in [-0.3, -0.25) is 0 Å². The summed E-state index contributed by atoms with van der Waals surface area (Å²) in [5, 5.41) is 10.3. The lowest BCUT2D eigenvalue weighted by Crippen LogP contribution is -2.54. The quantitative estimate of drug-likeness (QED) is 0.479. The Morgan fingerprint density at radius 3 is 2.16 bits per heavy atom. The van der Waals surface area contributed by atoms with Gasteiger partial charge in [-0.1, -0.05) is 53.9 Å². The van der Waals surface area contributed by atoms with Crippen LogP contribution in [-0.4, -0.2) is 25.4 Å². The van der Waals surface area contributed by atoms with E-state index in [-0.39, 0.29) is 6.10 Å². The third-order valence-electron chi connectivity index (χ3n) is 10.8. The van der Waals surface area contributed by atoms with Crippen LogP contribution in [0.4, 0.5) is 0 Å². The zero-order chi connectivity index (χ0) is 22.8. The number of hydrogen-bond donors (Lipinski definition) is 1. The standard InChI is InChI=1S/C27H48O.C2H6O/c1-18(2)7-6-8-19(3)23-11-12-24-22-10-9-20-17-21(28)13-15-26(20,4)25(22)14-16-27(23,24)5;1-3-2/h18-25,28H,6-17H2,1-5H3;1-2H3/t19-,20?,21+,22+,23-,24+,25+,26+,27-;/m1./s1. The maximum atomic E-state index is 10.3. The summed E-state index contributed by atoms with van der Waals surface area (Å²) in [7, 11) is 3.25. The molecule has 182 valence electrons. The molecule has 4 fully saturated rings. The van der Waals surface area contributed by atoms with Gasteiger partial charge in [-0.05, 0) is 110 Å². The molecule has 1 unspecified atom stereocenters. The van der Waals surface area contributed by atoms with Crippen LogP contribution in [0.2, 0.25) is 0 Å². The van der Waals surface area contributed by atoms with Gasteiger partial charge in [-0.25, -0.2) is 0 Å². The van der Waals surface area contributed by atoms with E-state index < -0.39 is 0 Å². The zero-order valence-corrected chi connectivity index (χ0v) is 22.0. The minimum atomic E-state index is -0.00830. The molecule has 4 aliphatic carbocycles. The van der Waals surface area contributed by atoms with E-state index in [9.17, 15) is 5.11 Å². The average molecular weight is 435 g/mol. The van der Waals surface area contributed by atoms with Crippen LogP contribution in [-0.2, 0) is 4.74 Å². The van der Waals surface area contributed by atoms with Gasteiger partial charge in [0.1, 0.15) is 0 Å². The minimum absolute atomic E-state index is 0.00830. The summed E-state index contributed by atoms with van der Waals surface area (Å²) in [5.41, 5.74) is 1.15. The lowest BCUT2D eigenvalue weighted by molar-refractivity contribution is -0.129. The topological polar surface area (TPSA) is 29.5 Å². The first-order chi connectivity index (χ1) is 14.7. The Morgan fingerprint density at radius 1 is 0.839 bits per heavy atom. The Hall–Kier alpha value is -0.0800. The molecule has 2 heteroatoms. The van der Waals surface area contributed by atoms with Crippen LogP contribution < -0.4 is 0 Å². The van der Waals surface area contributed by atoms with Crippen molar-refractivity contribution in [1.82, 2.24) is 0 Å². The molecule has 4 rings (SSSR count). The maximum Gasteiger partial charge on any atom is 0.0543 e. The molecular formula is C29H54O2. The van der Waals surface area contributed by atoms with Crippen LogP contribution in [0.3, 0.4) is 0 Å². The first-order valence-electron chi connectivity index (χ1n) is 13.8. The molecular weight excluding hydrogens is 380 g/mol. The molecule has 0 aromatic carbocycles. The predicted molar refractivity (Wildman–Crippen MR) is 132 cm³/mol. The average Bonchev–Trinajstić information content (AvgIpc) is 3.06. The molecule has 2 nitrogen and oxygen atoms in total. The van der Waals surface area contributed by atoms with Crippen LogP contribution in [0.1, 0.15) is 112 Å². The Labute approximate surface area is 194 Å². The van der Waals surface area contributed by atoms with Crippen LogP contribution in [0.5, 0.6) is 0 Å². The van der Waals surface area contributed by atoms with Crippen molar-refractivity contribution in [3.05, 3.63) is 0 Å². The van der Waals surface area contributed by atoms with Crippen LogP contribution in [0.15, 0.2) is 0 Å². The van der Waals surface area contributed by atoms with E-state index in [1.165, 1.54) is 64.2 Å². The van der Waals surface area contributed by atoms with Crippen molar-refractivity contribution in [3.63, 3.8) is 0 Å². The van der Waals surface area contributed by atoms with E-state index in [1.807, 2.05) is 0 Å². The Morgan fingerprint density at radius 2 is 1.48 bits per heavy atom. The fourth-order valence-corrected chi connectivity index (χ4v) is 9.26. The third kappa shape index (κ3) is 5.06. The lowest BCUT2D eigenvalue weighted by atomic mass is 9.44. The SMILES string of the molecule is CC(C)CCC[C@@H](C)[C@H]1CC[C@H]2[C@@H]3CCC4C[C@@H](O)CC[C@]4(C)[C@H]3CC[C@]12C.COC. The molecule has 0 amide bonds. The fourth-order valence-electron chi connectivity index (χ4n) is 9.26. The highest BCUT2D eigenvalue weighted by Crippen LogP contribution is 2.68. The van der Waals surface area contributed by atoms with Crippen LogP contribution in [0.25, 0.3) is 0 Å². The molecule has 0 heterocycles. The van der Waals surface area contributed by atoms with E-state index in [4.69, 9.17) is 0 Å². The maximum absolute atomic E-state index is 10.3. The van der Waals surface area contributed by atoms with Crippen molar-refractivity contribution < 1.29 is 9.84 Å². The second-order valence-corrected chi connectivity index (χ2v) is 13.0. The van der Waals surface area contributed by atoms with E-state index in [0.29, 0.717) is 10.8 Å². The molecule has 4 aliphatic rings. The summed E-state index contributed by atoms with van der Waals surface area (Å²) in [6, 6.07) is 0. The first kappa shape index (κ1) is 25.5. The molecule has 1 N–H and O–H groups in total. The van der Waals surface area contributed by atoms with Crippen molar-refractivity contribution >= 4 is 0 Å². The minimum Gasteiger partial charge on any atom is -0.393 e. The zero-order valence-electron chi connectivity index (χ0n) is 22.0. The van der Waals surface area contributed by atoms with Crippen LogP contribution in [0, 0.1) is 52.3 Å². The highest BCUT2D eigenvalue weighted by Gasteiger charge is 2.60. The van der Waals surface area contributed by atoms with Gasteiger partial charge >= 0.3 is 0 Å². The van der Waals surface area contributed by atoms with Crippen molar-refractivity contribution in [3.8, 4) is 0 Å². The smallest absolute Gasteiger partial charge is 0.0543 e. The number of fused-ring (bicyclic) bond motifs is 5. The molecule has 0 spiro atoms. The monoisotopic (exact) mass is 434 g/mol. The molecule has 0 bridgehead atoms. The molecule has 0 saturated heterocycles. The largest absolute Gasteiger partial charge is 0.393 e. The van der Waals surface area contributed by atoms with Gasteiger partial charge in [0.15, 0.2) is 0 Å². The van der Waals surface area contributed by atoms with Crippen molar-refractivity contribution in [2.24, 2.45) is 52.3 Å². The third-order valence-corrected chi connectivity index (χ3v) is 10.8. The Bertz CT molecular complexity index is 559. The number of aliphatic hydroxyl groups excluding tert-OH is 1. The van der Waals surface area contributed by atoms with E-state index >= 15 is 0 Å². The molecule has 4 saturated carbocycles. The van der Waals surface area contributed by atoms with Crippen molar-refractivity contribution in [2.75, 3.05) is 14.2 Å². The number of methoxy groups -OCH3 is 1. The summed E-state index contributed by atoms with van der Waals surface area (Å²) in [5.74, 6) is 6.49. The second-order valence-electron chi connectivity index (χ2n) is 13.0. The normalized spacial score (nSPS) is 45.2. The lowest BCUT2D eigenvalue weighted by Gasteiger charge is -2.61. The summed E-state index contributed by atoms with van der Waals surface area (Å²) in [4.78, 5) is 0. The highest BCUT2D eigenvalue weighted by atomic mass is 16.4. The first-order valence-corrected chi connectivity index (χ1v) is 13.8.